The molecule has 0 amide bonds. The lowest BCUT2D eigenvalue weighted by atomic mass is 10.2. The van der Waals surface area contributed by atoms with Crippen molar-refractivity contribution in [3.05, 3.63) is 57.4 Å². The lowest BCUT2D eigenvalue weighted by Crippen LogP contribution is -2.05. The number of aryl methyl sites for hydroxylation is 1. The number of allylic oxidation sites excluding steroid dienone is 1. The largest absolute Gasteiger partial charge is 0.310 e. The highest BCUT2D eigenvalue weighted by molar-refractivity contribution is 9.10. The Bertz CT molecular complexity index is 992. The van der Waals surface area contributed by atoms with Crippen molar-refractivity contribution in [1.82, 2.24) is 14.8 Å². The normalized spacial score (nSPS) is 14.5. The van der Waals surface area contributed by atoms with Crippen LogP contribution in [-0.4, -0.2) is 14.8 Å². The van der Waals surface area contributed by atoms with Crippen molar-refractivity contribution in [3.8, 4) is 16.5 Å². The van der Waals surface area contributed by atoms with Crippen LogP contribution in [0, 0.1) is 11.3 Å². The van der Waals surface area contributed by atoms with Gasteiger partial charge in [-0.25, -0.2) is 0 Å². The lowest BCUT2D eigenvalue weighted by Gasteiger charge is -2.05. The molecule has 0 bridgehead atoms. The molecule has 0 saturated heterocycles. The quantitative estimate of drug-likeness (QED) is 0.517. The van der Waals surface area contributed by atoms with E-state index in [4.69, 9.17) is 0 Å². The molecule has 1 aromatic carbocycles. The fraction of sp³-hybridized carbons (Fsp3) is 0.250. The Labute approximate surface area is 164 Å². The van der Waals surface area contributed by atoms with Gasteiger partial charge in [0.2, 0.25) is 0 Å². The average molecular weight is 425 g/mol. The molecule has 0 fully saturated rings. The van der Waals surface area contributed by atoms with E-state index in [1.165, 1.54) is 16.9 Å². The minimum atomic E-state index is 0.579. The Hall–Kier alpha value is -2.23. The van der Waals surface area contributed by atoms with E-state index in [9.17, 15) is 5.26 Å². The standard InChI is InChI=1S/C20H17BrN4S/c21-16-7-5-14(6-8-16)18-10-9-17(26-18)12-15(13-22)20-24-23-19-4-2-1-3-11-25(19)20/h5-10,12H,1-4,11H2/b15-12+. The minimum Gasteiger partial charge on any atom is -0.310 e. The molecule has 2 aromatic heterocycles. The van der Waals surface area contributed by atoms with Crippen LogP contribution in [0.3, 0.4) is 0 Å². The zero-order valence-electron chi connectivity index (χ0n) is 14.2. The van der Waals surface area contributed by atoms with E-state index >= 15 is 0 Å². The van der Waals surface area contributed by atoms with Crippen molar-refractivity contribution in [2.75, 3.05) is 0 Å². The van der Waals surface area contributed by atoms with E-state index in [1.54, 1.807) is 11.3 Å². The maximum absolute atomic E-state index is 9.69. The smallest absolute Gasteiger partial charge is 0.174 e. The number of aromatic nitrogens is 3. The molecule has 4 rings (SSSR count). The first-order valence-corrected chi connectivity index (χ1v) is 10.3. The molecule has 1 aliphatic rings. The Kier molecular flexibility index (Phi) is 5.00. The van der Waals surface area contributed by atoms with E-state index in [0.717, 1.165) is 41.0 Å². The molecule has 0 atom stereocenters. The Morgan fingerprint density at radius 2 is 1.96 bits per heavy atom. The first kappa shape index (κ1) is 17.2. The van der Waals surface area contributed by atoms with Crippen molar-refractivity contribution in [1.29, 1.82) is 5.26 Å². The number of hydrogen-bond donors (Lipinski definition) is 0. The molecule has 3 heterocycles. The van der Waals surface area contributed by atoms with Gasteiger partial charge in [-0.15, -0.1) is 21.5 Å². The number of rotatable bonds is 3. The van der Waals surface area contributed by atoms with Crippen LogP contribution < -0.4 is 0 Å². The third-order valence-corrected chi connectivity index (χ3v) is 6.12. The van der Waals surface area contributed by atoms with Crippen molar-refractivity contribution in [2.45, 2.75) is 32.2 Å². The van der Waals surface area contributed by atoms with E-state index in [0.29, 0.717) is 11.4 Å². The molecule has 4 nitrogen and oxygen atoms in total. The fourth-order valence-electron chi connectivity index (χ4n) is 3.17. The summed E-state index contributed by atoms with van der Waals surface area (Å²) in [7, 11) is 0. The number of benzene rings is 1. The second kappa shape index (κ2) is 7.56. The molecular formula is C20H17BrN4S. The van der Waals surface area contributed by atoms with Gasteiger partial charge in [-0.2, -0.15) is 5.26 Å². The summed E-state index contributed by atoms with van der Waals surface area (Å²) < 4.78 is 3.18. The van der Waals surface area contributed by atoms with Gasteiger partial charge in [0.15, 0.2) is 5.82 Å². The van der Waals surface area contributed by atoms with Crippen LogP contribution >= 0.6 is 27.3 Å². The van der Waals surface area contributed by atoms with E-state index in [2.05, 4.69) is 61.0 Å². The molecule has 6 heteroatoms. The maximum atomic E-state index is 9.69. The van der Waals surface area contributed by atoms with Gasteiger partial charge in [-0.05, 0) is 48.7 Å². The molecule has 130 valence electrons. The number of halogens is 1. The van der Waals surface area contributed by atoms with Gasteiger partial charge < -0.3 is 4.57 Å². The summed E-state index contributed by atoms with van der Waals surface area (Å²) in [5.41, 5.74) is 1.75. The highest BCUT2D eigenvalue weighted by Gasteiger charge is 2.17. The predicted octanol–water partition coefficient (Wildman–Crippen LogP) is 5.56. The average Bonchev–Trinajstić information content (AvgIpc) is 3.21. The summed E-state index contributed by atoms with van der Waals surface area (Å²) in [5.74, 6) is 1.70. The summed E-state index contributed by atoms with van der Waals surface area (Å²) in [6.07, 6.45) is 6.33. The second-order valence-electron chi connectivity index (χ2n) is 6.28. The second-order valence-corrected chi connectivity index (χ2v) is 8.31. The van der Waals surface area contributed by atoms with Crippen molar-refractivity contribution in [2.24, 2.45) is 0 Å². The minimum absolute atomic E-state index is 0.579. The first-order chi connectivity index (χ1) is 12.7. The maximum Gasteiger partial charge on any atom is 0.174 e. The molecular weight excluding hydrogens is 408 g/mol. The molecule has 0 radical (unpaired) electrons. The summed E-state index contributed by atoms with van der Waals surface area (Å²) in [6, 6.07) is 14.7. The lowest BCUT2D eigenvalue weighted by molar-refractivity contribution is 0.627. The van der Waals surface area contributed by atoms with Crippen LogP contribution in [0.25, 0.3) is 22.1 Å². The third-order valence-electron chi connectivity index (χ3n) is 4.51. The molecule has 3 aromatic rings. The zero-order chi connectivity index (χ0) is 17.9. The van der Waals surface area contributed by atoms with Gasteiger partial charge in [-0.3, -0.25) is 0 Å². The molecule has 0 N–H and O–H groups in total. The molecule has 0 saturated carbocycles. The van der Waals surface area contributed by atoms with Gasteiger partial charge in [0, 0.05) is 27.2 Å². The predicted molar refractivity (Wildman–Crippen MR) is 109 cm³/mol. The van der Waals surface area contributed by atoms with Crippen LogP contribution in [0.15, 0.2) is 40.9 Å². The van der Waals surface area contributed by atoms with Crippen molar-refractivity contribution < 1.29 is 0 Å². The van der Waals surface area contributed by atoms with Gasteiger partial charge in [0.05, 0.1) is 5.57 Å². The van der Waals surface area contributed by atoms with Crippen LogP contribution in [0.4, 0.5) is 0 Å². The van der Waals surface area contributed by atoms with Crippen molar-refractivity contribution in [3.63, 3.8) is 0 Å². The number of hydrogen-bond acceptors (Lipinski definition) is 4. The van der Waals surface area contributed by atoms with E-state index in [-0.39, 0.29) is 0 Å². The zero-order valence-corrected chi connectivity index (χ0v) is 16.6. The van der Waals surface area contributed by atoms with Gasteiger partial charge in [0.25, 0.3) is 0 Å². The van der Waals surface area contributed by atoms with Gasteiger partial charge >= 0.3 is 0 Å². The molecule has 0 aliphatic carbocycles. The highest BCUT2D eigenvalue weighted by atomic mass is 79.9. The van der Waals surface area contributed by atoms with Gasteiger partial charge in [0.1, 0.15) is 11.9 Å². The van der Waals surface area contributed by atoms with Crippen LogP contribution in [0.5, 0.6) is 0 Å². The molecule has 26 heavy (non-hydrogen) atoms. The number of thiophene rings is 1. The Morgan fingerprint density at radius 3 is 2.77 bits per heavy atom. The Balaban J connectivity index is 1.66. The molecule has 0 spiro atoms. The van der Waals surface area contributed by atoms with Crippen LogP contribution in [-0.2, 0) is 13.0 Å². The SMILES string of the molecule is N#C/C(=C\c1ccc(-c2ccc(Br)cc2)s1)c1nnc2n1CCCCC2. The van der Waals surface area contributed by atoms with E-state index < -0.39 is 0 Å². The number of nitriles is 1. The summed E-state index contributed by atoms with van der Waals surface area (Å²) >= 11 is 5.14. The van der Waals surface area contributed by atoms with Crippen LogP contribution in [0.2, 0.25) is 0 Å². The Morgan fingerprint density at radius 1 is 1.12 bits per heavy atom. The summed E-state index contributed by atoms with van der Waals surface area (Å²) in [6.45, 7) is 0.894. The summed E-state index contributed by atoms with van der Waals surface area (Å²) in [4.78, 5) is 2.23. The molecule has 1 aliphatic heterocycles. The topological polar surface area (TPSA) is 54.5 Å². The fourth-order valence-corrected chi connectivity index (χ4v) is 4.39. The summed E-state index contributed by atoms with van der Waals surface area (Å²) in [5, 5.41) is 18.3. The monoisotopic (exact) mass is 424 g/mol. The number of fused-ring (bicyclic) bond motifs is 1. The highest BCUT2D eigenvalue weighted by Crippen LogP contribution is 2.31. The van der Waals surface area contributed by atoms with Crippen LogP contribution in [0.1, 0.15) is 35.8 Å². The van der Waals surface area contributed by atoms with E-state index in [1.807, 2.05) is 18.2 Å². The number of nitrogens with zero attached hydrogens (tertiary/aromatic N) is 4. The third kappa shape index (κ3) is 3.50. The van der Waals surface area contributed by atoms with Crippen molar-refractivity contribution >= 4 is 38.9 Å². The molecule has 0 unspecified atom stereocenters. The first-order valence-electron chi connectivity index (χ1n) is 8.64. The van der Waals surface area contributed by atoms with Gasteiger partial charge in [-0.1, -0.05) is 34.5 Å².